The van der Waals surface area contributed by atoms with E-state index in [1.807, 2.05) is 68.4 Å². The molecule has 1 aromatic heterocycles. The minimum Gasteiger partial charge on any atom is -0.489 e. The van der Waals surface area contributed by atoms with E-state index in [1.165, 1.54) is 0 Å². The first-order valence-electron chi connectivity index (χ1n) is 12.7. The van der Waals surface area contributed by atoms with E-state index in [0.29, 0.717) is 28.1 Å². The van der Waals surface area contributed by atoms with Crippen molar-refractivity contribution in [3.8, 4) is 11.4 Å². The van der Waals surface area contributed by atoms with Crippen molar-refractivity contribution in [1.29, 1.82) is 0 Å². The van der Waals surface area contributed by atoms with Gasteiger partial charge in [0.25, 0.3) is 11.1 Å². The van der Waals surface area contributed by atoms with Gasteiger partial charge < -0.3 is 14.6 Å². The lowest BCUT2D eigenvalue weighted by Crippen LogP contribution is -2.36. The van der Waals surface area contributed by atoms with Gasteiger partial charge >= 0.3 is 0 Å². The van der Waals surface area contributed by atoms with E-state index >= 15 is 0 Å². The number of benzene rings is 3. The summed E-state index contributed by atoms with van der Waals surface area (Å²) in [5.41, 5.74) is 4.90. The predicted molar refractivity (Wildman–Crippen MR) is 164 cm³/mol. The summed E-state index contributed by atoms with van der Waals surface area (Å²) in [4.78, 5) is 39.4. The van der Waals surface area contributed by atoms with Crippen LogP contribution in [0.1, 0.15) is 22.5 Å². The van der Waals surface area contributed by atoms with Crippen LogP contribution >= 0.6 is 35.0 Å². The third kappa shape index (κ3) is 6.35. The molecule has 0 atom stereocenters. The first-order valence-corrected chi connectivity index (χ1v) is 14.2. The van der Waals surface area contributed by atoms with Gasteiger partial charge in [-0.2, -0.15) is 0 Å². The van der Waals surface area contributed by atoms with Crippen LogP contribution in [0.5, 0.6) is 5.75 Å². The second-order valence-electron chi connectivity index (χ2n) is 9.33. The van der Waals surface area contributed by atoms with E-state index in [1.54, 1.807) is 30.3 Å². The number of hydrogen-bond acceptors (Lipinski definition) is 5. The maximum absolute atomic E-state index is 13.1. The van der Waals surface area contributed by atoms with Gasteiger partial charge in [0.05, 0.1) is 15.6 Å². The van der Waals surface area contributed by atoms with Gasteiger partial charge in [-0.1, -0.05) is 53.5 Å². The number of halogens is 2. The molecule has 1 aliphatic heterocycles. The number of ether oxygens (including phenoxy) is 1. The highest BCUT2D eigenvalue weighted by atomic mass is 35.5. The van der Waals surface area contributed by atoms with E-state index in [0.717, 1.165) is 44.9 Å². The second-order valence-corrected chi connectivity index (χ2v) is 11.1. The fraction of sp³-hybridized carbons (Fsp3) is 0.129. The normalized spacial score (nSPS) is 14.1. The predicted octanol–water partition coefficient (Wildman–Crippen LogP) is 7.65. The van der Waals surface area contributed by atoms with Gasteiger partial charge in [0.1, 0.15) is 18.9 Å². The summed E-state index contributed by atoms with van der Waals surface area (Å²) in [5.74, 6) is -0.318. The molecule has 1 fully saturated rings. The van der Waals surface area contributed by atoms with Gasteiger partial charge in [-0.05, 0) is 85.8 Å². The summed E-state index contributed by atoms with van der Waals surface area (Å²) >= 11 is 13.1. The van der Waals surface area contributed by atoms with Gasteiger partial charge in [-0.15, -0.1) is 0 Å². The SMILES string of the molecule is Cc1cc(/C=C2/SC(=O)N(CC(=O)Nc3ccccc3Cl)C2=O)c(C)n1-c1ccc(OCc2ccccc2Cl)cc1. The molecule has 0 saturated carbocycles. The van der Waals surface area contributed by atoms with Crippen molar-refractivity contribution in [2.45, 2.75) is 20.5 Å². The minimum absolute atomic E-state index is 0.254. The number of rotatable bonds is 8. The van der Waals surface area contributed by atoms with Crippen molar-refractivity contribution in [3.05, 3.63) is 116 Å². The molecular formula is C31H25Cl2N3O4S. The van der Waals surface area contributed by atoms with Crippen LogP contribution in [0.25, 0.3) is 11.8 Å². The molecule has 3 aromatic carbocycles. The van der Waals surface area contributed by atoms with Crippen LogP contribution in [0, 0.1) is 13.8 Å². The number of aryl methyl sites for hydroxylation is 1. The molecular weight excluding hydrogens is 581 g/mol. The van der Waals surface area contributed by atoms with E-state index < -0.39 is 23.6 Å². The molecule has 0 bridgehead atoms. The van der Waals surface area contributed by atoms with Crippen LogP contribution in [-0.2, 0) is 16.2 Å². The lowest BCUT2D eigenvalue weighted by Gasteiger charge is -2.13. The zero-order valence-corrected chi connectivity index (χ0v) is 24.5. The summed E-state index contributed by atoms with van der Waals surface area (Å²) in [5, 5.41) is 3.16. The van der Waals surface area contributed by atoms with E-state index in [-0.39, 0.29) is 4.91 Å². The average Bonchev–Trinajstić information content (AvgIpc) is 3.38. The quantitative estimate of drug-likeness (QED) is 0.209. The summed E-state index contributed by atoms with van der Waals surface area (Å²) in [7, 11) is 0. The first-order chi connectivity index (χ1) is 19.7. The molecule has 0 spiro atoms. The van der Waals surface area contributed by atoms with Crippen molar-refractivity contribution in [2.75, 3.05) is 11.9 Å². The Morgan fingerprint density at radius 2 is 1.63 bits per heavy atom. The number of carbonyl (C=O) groups is 3. The molecule has 41 heavy (non-hydrogen) atoms. The molecule has 3 amide bonds. The molecule has 10 heteroatoms. The fourth-order valence-corrected chi connectivity index (χ4v) is 5.67. The zero-order valence-electron chi connectivity index (χ0n) is 22.2. The number of hydrogen-bond donors (Lipinski definition) is 1. The lowest BCUT2D eigenvalue weighted by atomic mass is 10.2. The maximum Gasteiger partial charge on any atom is 0.294 e. The van der Waals surface area contributed by atoms with Gasteiger partial charge in [0.15, 0.2) is 0 Å². The van der Waals surface area contributed by atoms with E-state index in [4.69, 9.17) is 27.9 Å². The van der Waals surface area contributed by atoms with Crippen LogP contribution in [0.2, 0.25) is 10.0 Å². The Hall–Kier alpha value is -3.98. The molecule has 0 aliphatic carbocycles. The molecule has 4 aromatic rings. The van der Waals surface area contributed by atoms with Crippen LogP contribution in [0.15, 0.2) is 83.8 Å². The maximum atomic E-state index is 13.1. The monoisotopic (exact) mass is 605 g/mol. The van der Waals surface area contributed by atoms with Gasteiger partial charge in [-0.3, -0.25) is 19.3 Å². The molecule has 5 rings (SSSR count). The molecule has 0 radical (unpaired) electrons. The van der Waals surface area contributed by atoms with Crippen molar-refractivity contribution in [3.63, 3.8) is 0 Å². The third-order valence-electron chi connectivity index (χ3n) is 6.53. The van der Waals surface area contributed by atoms with Gasteiger partial charge in [-0.25, -0.2) is 0 Å². The van der Waals surface area contributed by atoms with Crippen molar-refractivity contribution in [1.82, 2.24) is 9.47 Å². The topological polar surface area (TPSA) is 80.6 Å². The van der Waals surface area contributed by atoms with Crippen LogP contribution < -0.4 is 10.1 Å². The molecule has 2 heterocycles. The standard InChI is InChI=1S/C31H25Cl2N3O4S/c1-19-15-22(16-28-30(38)35(31(39)41-28)17-29(37)34-27-10-6-5-9-26(27)33)20(2)36(19)23-11-13-24(14-12-23)40-18-21-7-3-4-8-25(21)32/h3-16H,17-18H2,1-2H3,(H,34,37)/b28-16+. The number of imide groups is 1. The summed E-state index contributed by atoms with van der Waals surface area (Å²) < 4.78 is 7.96. The highest BCUT2D eigenvalue weighted by Crippen LogP contribution is 2.34. The zero-order chi connectivity index (χ0) is 29.1. The average molecular weight is 607 g/mol. The first kappa shape index (κ1) is 28.5. The summed E-state index contributed by atoms with van der Waals surface area (Å²) in [6.45, 7) is 3.87. The Bertz CT molecular complexity index is 1680. The van der Waals surface area contributed by atoms with E-state index in [2.05, 4.69) is 9.88 Å². The van der Waals surface area contributed by atoms with Crippen molar-refractivity contribution < 1.29 is 19.1 Å². The number of carbonyl (C=O) groups excluding carboxylic acids is 3. The van der Waals surface area contributed by atoms with Crippen molar-refractivity contribution >= 4 is 63.8 Å². The van der Waals surface area contributed by atoms with Crippen LogP contribution in [0.4, 0.5) is 10.5 Å². The molecule has 0 unspecified atom stereocenters. The van der Waals surface area contributed by atoms with Crippen molar-refractivity contribution in [2.24, 2.45) is 0 Å². The van der Waals surface area contributed by atoms with Gasteiger partial charge in [0, 0.05) is 27.7 Å². The third-order valence-corrected chi connectivity index (χ3v) is 8.13. The smallest absolute Gasteiger partial charge is 0.294 e. The number of aromatic nitrogens is 1. The molecule has 1 saturated heterocycles. The van der Waals surface area contributed by atoms with Crippen LogP contribution in [-0.4, -0.2) is 33.1 Å². The Kier molecular flexibility index (Phi) is 8.54. The number of amides is 3. The number of anilines is 1. The Morgan fingerprint density at radius 1 is 0.951 bits per heavy atom. The summed E-state index contributed by atoms with van der Waals surface area (Å²) in [6.07, 6.45) is 1.69. The number of nitrogens with zero attached hydrogens (tertiary/aromatic N) is 2. The Morgan fingerprint density at radius 3 is 2.34 bits per heavy atom. The Balaban J connectivity index is 1.28. The number of para-hydroxylation sites is 1. The molecule has 208 valence electrons. The number of thioether (sulfide) groups is 1. The Labute approximate surface area is 251 Å². The van der Waals surface area contributed by atoms with Crippen LogP contribution in [0.3, 0.4) is 0 Å². The highest BCUT2D eigenvalue weighted by molar-refractivity contribution is 8.18. The largest absolute Gasteiger partial charge is 0.489 e. The lowest BCUT2D eigenvalue weighted by molar-refractivity contribution is -0.127. The summed E-state index contributed by atoms with van der Waals surface area (Å²) in [6, 6.07) is 24.0. The van der Waals surface area contributed by atoms with Gasteiger partial charge in [0.2, 0.25) is 5.91 Å². The second kappa shape index (κ2) is 12.3. The number of nitrogens with one attached hydrogen (secondary N) is 1. The minimum atomic E-state index is -0.515. The molecule has 1 N–H and O–H groups in total. The molecule has 7 nitrogen and oxygen atoms in total. The highest BCUT2D eigenvalue weighted by Gasteiger charge is 2.36. The van der Waals surface area contributed by atoms with E-state index in [9.17, 15) is 14.4 Å². The molecule has 1 aliphatic rings. The fourth-order valence-electron chi connectivity index (χ4n) is 4.47.